The number of ether oxygens (including phenoxy) is 2. The minimum Gasteiger partial charge on any atom is -0.380 e. The zero-order valence-corrected chi connectivity index (χ0v) is 12.7. The van der Waals surface area contributed by atoms with E-state index in [9.17, 15) is 0 Å². The second-order valence-electron chi connectivity index (χ2n) is 4.92. The number of halogens is 2. The maximum absolute atomic E-state index is 5.09. The SMILES string of the molecule is CC1(CBr)COC1.CCC1(CBr)COC1. The van der Waals surface area contributed by atoms with Gasteiger partial charge in [0, 0.05) is 21.5 Å². The van der Waals surface area contributed by atoms with Gasteiger partial charge in [-0.25, -0.2) is 0 Å². The molecule has 4 heteroatoms. The van der Waals surface area contributed by atoms with Crippen molar-refractivity contribution in [2.45, 2.75) is 20.3 Å². The third-order valence-corrected chi connectivity index (χ3v) is 5.62. The van der Waals surface area contributed by atoms with E-state index in [1.165, 1.54) is 6.42 Å². The number of alkyl halides is 2. The lowest BCUT2D eigenvalue weighted by Gasteiger charge is -2.39. The van der Waals surface area contributed by atoms with Crippen molar-refractivity contribution in [1.29, 1.82) is 0 Å². The van der Waals surface area contributed by atoms with Crippen LogP contribution in [-0.4, -0.2) is 37.1 Å². The lowest BCUT2D eigenvalue weighted by molar-refractivity contribution is -0.0987. The Morgan fingerprint density at radius 1 is 1.00 bits per heavy atom. The molecule has 0 N–H and O–H groups in total. The van der Waals surface area contributed by atoms with Gasteiger partial charge in [0.25, 0.3) is 0 Å². The van der Waals surface area contributed by atoms with Crippen molar-refractivity contribution < 1.29 is 9.47 Å². The predicted molar refractivity (Wildman–Crippen MR) is 70.1 cm³/mol. The van der Waals surface area contributed by atoms with Crippen molar-refractivity contribution in [3.63, 3.8) is 0 Å². The smallest absolute Gasteiger partial charge is 0.0552 e. The Morgan fingerprint density at radius 2 is 1.53 bits per heavy atom. The average Bonchev–Trinajstić information content (AvgIpc) is 2.15. The number of hydrogen-bond acceptors (Lipinski definition) is 2. The summed E-state index contributed by atoms with van der Waals surface area (Å²) in [5.74, 6) is 0. The van der Waals surface area contributed by atoms with Crippen molar-refractivity contribution in [2.75, 3.05) is 37.1 Å². The molecule has 2 fully saturated rings. The van der Waals surface area contributed by atoms with Crippen LogP contribution in [0.15, 0.2) is 0 Å². The van der Waals surface area contributed by atoms with Crippen LogP contribution in [0.1, 0.15) is 20.3 Å². The van der Waals surface area contributed by atoms with Gasteiger partial charge in [-0.1, -0.05) is 45.7 Å². The van der Waals surface area contributed by atoms with E-state index in [1.54, 1.807) is 0 Å². The Balaban J connectivity index is 0.000000151. The molecular weight excluding hydrogens is 324 g/mol. The first-order valence-electron chi connectivity index (χ1n) is 5.37. The molecule has 90 valence electrons. The topological polar surface area (TPSA) is 18.5 Å². The van der Waals surface area contributed by atoms with Crippen molar-refractivity contribution in [1.82, 2.24) is 0 Å². The Bertz CT molecular complexity index is 170. The molecular formula is C11H20Br2O2. The van der Waals surface area contributed by atoms with Gasteiger partial charge in [0.2, 0.25) is 0 Å². The van der Waals surface area contributed by atoms with Crippen molar-refractivity contribution in [3.8, 4) is 0 Å². The fraction of sp³-hybridized carbons (Fsp3) is 1.00. The third kappa shape index (κ3) is 3.69. The van der Waals surface area contributed by atoms with Gasteiger partial charge in [0.1, 0.15) is 0 Å². The largest absolute Gasteiger partial charge is 0.380 e. The molecule has 2 rings (SSSR count). The monoisotopic (exact) mass is 342 g/mol. The van der Waals surface area contributed by atoms with E-state index in [0.717, 1.165) is 37.1 Å². The van der Waals surface area contributed by atoms with E-state index in [-0.39, 0.29) is 0 Å². The quantitative estimate of drug-likeness (QED) is 0.732. The minimum atomic E-state index is 0.458. The molecule has 0 aromatic carbocycles. The summed E-state index contributed by atoms with van der Waals surface area (Å²) in [6.45, 7) is 8.19. The Morgan fingerprint density at radius 3 is 1.53 bits per heavy atom. The minimum absolute atomic E-state index is 0.458. The molecule has 0 radical (unpaired) electrons. The molecule has 0 aromatic rings. The zero-order valence-electron chi connectivity index (χ0n) is 9.52. The molecule has 15 heavy (non-hydrogen) atoms. The molecule has 0 saturated carbocycles. The first kappa shape index (κ1) is 13.9. The first-order valence-corrected chi connectivity index (χ1v) is 7.61. The summed E-state index contributed by atoms with van der Waals surface area (Å²) in [7, 11) is 0. The molecule has 0 bridgehead atoms. The van der Waals surface area contributed by atoms with Gasteiger partial charge in [-0.05, 0) is 6.42 Å². The molecule has 2 aliphatic heterocycles. The fourth-order valence-electron chi connectivity index (χ4n) is 1.29. The van der Waals surface area contributed by atoms with E-state index >= 15 is 0 Å². The van der Waals surface area contributed by atoms with Gasteiger partial charge in [0.05, 0.1) is 26.4 Å². The van der Waals surface area contributed by atoms with Gasteiger partial charge >= 0.3 is 0 Å². The molecule has 0 amide bonds. The lowest BCUT2D eigenvalue weighted by atomic mass is 9.86. The molecule has 2 aliphatic rings. The second kappa shape index (κ2) is 5.99. The van der Waals surface area contributed by atoms with Crippen LogP contribution in [0.5, 0.6) is 0 Å². The molecule has 2 heterocycles. The maximum atomic E-state index is 5.09. The molecule has 0 spiro atoms. The predicted octanol–water partition coefficient (Wildman–Crippen LogP) is 3.23. The molecule has 0 atom stereocenters. The molecule has 2 saturated heterocycles. The first-order chi connectivity index (χ1) is 7.10. The van der Waals surface area contributed by atoms with Crippen molar-refractivity contribution in [2.24, 2.45) is 10.8 Å². The van der Waals surface area contributed by atoms with E-state index in [0.29, 0.717) is 10.8 Å². The van der Waals surface area contributed by atoms with Crippen molar-refractivity contribution in [3.05, 3.63) is 0 Å². The van der Waals surface area contributed by atoms with Crippen LogP contribution in [0.25, 0.3) is 0 Å². The van der Waals surface area contributed by atoms with E-state index in [1.807, 2.05) is 0 Å². The third-order valence-electron chi connectivity index (χ3n) is 3.07. The zero-order chi connectivity index (χ0) is 11.4. The summed E-state index contributed by atoms with van der Waals surface area (Å²) in [6.07, 6.45) is 1.23. The van der Waals surface area contributed by atoms with E-state index < -0.39 is 0 Å². The summed E-state index contributed by atoms with van der Waals surface area (Å²) < 4.78 is 10.1. The van der Waals surface area contributed by atoms with Gasteiger partial charge in [-0.15, -0.1) is 0 Å². The molecule has 0 aliphatic carbocycles. The highest BCUT2D eigenvalue weighted by Crippen LogP contribution is 2.32. The highest BCUT2D eigenvalue weighted by molar-refractivity contribution is 9.09. The van der Waals surface area contributed by atoms with Gasteiger partial charge in [0.15, 0.2) is 0 Å². The summed E-state index contributed by atoms with van der Waals surface area (Å²) >= 11 is 6.87. The van der Waals surface area contributed by atoms with Gasteiger partial charge < -0.3 is 9.47 Å². The molecule has 0 unspecified atom stereocenters. The maximum Gasteiger partial charge on any atom is 0.0552 e. The number of hydrogen-bond donors (Lipinski definition) is 0. The summed E-state index contributed by atoms with van der Waals surface area (Å²) in [4.78, 5) is 0. The Kier molecular flexibility index (Phi) is 5.57. The van der Waals surface area contributed by atoms with E-state index in [2.05, 4.69) is 45.7 Å². The van der Waals surface area contributed by atoms with Crippen LogP contribution in [-0.2, 0) is 9.47 Å². The molecule has 2 nitrogen and oxygen atoms in total. The fourth-order valence-corrected chi connectivity index (χ4v) is 2.34. The van der Waals surface area contributed by atoms with Crippen LogP contribution in [0.3, 0.4) is 0 Å². The highest BCUT2D eigenvalue weighted by atomic mass is 79.9. The van der Waals surface area contributed by atoms with Gasteiger partial charge in [-0.2, -0.15) is 0 Å². The number of rotatable bonds is 3. The average molecular weight is 344 g/mol. The molecule has 0 aromatic heterocycles. The highest BCUT2D eigenvalue weighted by Gasteiger charge is 2.35. The van der Waals surface area contributed by atoms with Crippen LogP contribution < -0.4 is 0 Å². The summed E-state index contributed by atoms with van der Waals surface area (Å²) in [5, 5.41) is 2.16. The summed E-state index contributed by atoms with van der Waals surface area (Å²) in [6, 6.07) is 0. The second-order valence-corrected chi connectivity index (χ2v) is 6.04. The van der Waals surface area contributed by atoms with Crippen LogP contribution in [0, 0.1) is 10.8 Å². The van der Waals surface area contributed by atoms with E-state index in [4.69, 9.17) is 9.47 Å². The van der Waals surface area contributed by atoms with Crippen LogP contribution >= 0.6 is 31.9 Å². The van der Waals surface area contributed by atoms with Crippen LogP contribution in [0.2, 0.25) is 0 Å². The van der Waals surface area contributed by atoms with Crippen LogP contribution in [0.4, 0.5) is 0 Å². The Hall–Kier alpha value is 0.880. The summed E-state index contributed by atoms with van der Waals surface area (Å²) in [5.41, 5.74) is 0.958. The lowest BCUT2D eigenvalue weighted by Crippen LogP contribution is -2.43. The standard InChI is InChI=1S/C6H11BrO.C5H9BrO/c1-2-6(3-7)4-8-5-6;1-5(2-6)3-7-4-5/h2-5H2,1H3;2-4H2,1H3. The van der Waals surface area contributed by atoms with Crippen molar-refractivity contribution >= 4 is 31.9 Å². The Labute approximate surface area is 109 Å². The normalized spacial score (nSPS) is 25.6. The van der Waals surface area contributed by atoms with Gasteiger partial charge in [-0.3, -0.25) is 0 Å².